The van der Waals surface area contributed by atoms with E-state index in [1.165, 1.54) is 45.1 Å². The van der Waals surface area contributed by atoms with Gasteiger partial charge in [0.15, 0.2) is 0 Å². The number of hydrogen-bond donors (Lipinski definition) is 1. The Morgan fingerprint density at radius 3 is 2.71 bits per heavy atom. The summed E-state index contributed by atoms with van der Waals surface area (Å²) in [5.74, 6) is 1.91. The van der Waals surface area contributed by atoms with E-state index in [4.69, 9.17) is 0 Å². The van der Waals surface area contributed by atoms with Crippen LogP contribution in [0.2, 0.25) is 0 Å². The maximum atomic E-state index is 3.64. The van der Waals surface area contributed by atoms with Crippen LogP contribution in [0.1, 0.15) is 59.3 Å². The van der Waals surface area contributed by atoms with Crippen LogP contribution in [-0.4, -0.2) is 12.6 Å². The van der Waals surface area contributed by atoms with Crippen LogP contribution in [0, 0.1) is 11.8 Å². The quantitative estimate of drug-likeness (QED) is 0.679. The third kappa shape index (κ3) is 4.00. The van der Waals surface area contributed by atoms with Gasteiger partial charge in [-0.2, -0.15) is 0 Å². The molecule has 0 saturated heterocycles. The van der Waals surface area contributed by atoms with Crippen LogP contribution < -0.4 is 5.32 Å². The zero-order valence-corrected chi connectivity index (χ0v) is 10.2. The second-order valence-electron chi connectivity index (χ2n) is 5.12. The number of rotatable bonds is 4. The first-order valence-electron chi connectivity index (χ1n) is 6.47. The summed E-state index contributed by atoms with van der Waals surface area (Å²) in [6.45, 7) is 8.21. The Bertz CT molecular complexity index is 144. The zero-order valence-electron chi connectivity index (χ0n) is 10.2. The molecule has 14 heavy (non-hydrogen) atoms. The molecule has 1 fully saturated rings. The molecule has 1 aliphatic carbocycles. The highest BCUT2D eigenvalue weighted by Crippen LogP contribution is 2.28. The van der Waals surface area contributed by atoms with Gasteiger partial charge < -0.3 is 5.32 Å². The van der Waals surface area contributed by atoms with Gasteiger partial charge in [0, 0.05) is 6.04 Å². The third-order valence-electron chi connectivity index (χ3n) is 3.73. The molecule has 1 rings (SSSR count). The Balaban J connectivity index is 2.27. The second kappa shape index (κ2) is 6.44. The molecule has 0 heterocycles. The Hall–Kier alpha value is -0.0400. The van der Waals surface area contributed by atoms with E-state index in [1.54, 1.807) is 0 Å². The molecular formula is C13H27N. The van der Waals surface area contributed by atoms with Gasteiger partial charge >= 0.3 is 0 Å². The Kier molecular flexibility index (Phi) is 5.54. The number of nitrogens with one attached hydrogen (secondary N) is 1. The number of hydrogen-bond acceptors (Lipinski definition) is 1. The van der Waals surface area contributed by atoms with Crippen LogP contribution >= 0.6 is 0 Å². The van der Waals surface area contributed by atoms with E-state index in [2.05, 4.69) is 26.1 Å². The van der Waals surface area contributed by atoms with Gasteiger partial charge in [-0.1, -0.05) is 33.1 Å². The first-order chi connectivity index (χ1) is 6.74. The SMILES string of the molecule is CCCNC(C)C1CCCC(C)CC1. The zero-order chi connectivity index (χ0) is 10.4. The molecule has 1 heteroatoms. The van der Waals surface area contributed by atoms with Crippen molar-refractivity contribution in [3.05, 3.63) is 0 Å². The van der Waals surface area contributed by atoms with Crippen LogP contribution in [0.25, 0.3) is 0 Å². The van der Waals surface area contributed by atoms with Crippen LogP contribution in [0.4, 0.5) is 0 Å². The maximum Gasteiger partial charge on any atom is 0.00669 e. The van der Waals surface area contributed by atoms with Gasteiger partial charge in [0.2, 0.25) is 0 Å². The molecule has 1 N–H and O–H groups in total. The van der Waals surface area contributed by atoms with Crippen LogP contribution in [0.5, 0.6) is 0 Å². The molecule has 0 spiro atoms. The van der Waals surface area contributed by atoms with Crippen LogP contribution in [-0.2, 0) is 0 Å². The van der Waals surface area contributed by atoms with Gasteiger partial charge in [-0.15, -0.1) is 0 Å². The lowest BCUT2D eigenvalue weighted by Crippen LogP contribution is -2.33. The Morgan fingerprint density at radius 1 is 1.21 bits per heavy atom. The molecule has 84 valence electrons. The second-order valence-corrected chi connectivity index (χ2v) is 5.12. The highest BCUT2D eigenvalue weighted by molar-refractivity contribution is 4.76. The predicted molar refractivity (Wildman–Crippen MR) is 63.5 cm³/mol. The first kappa shape index (κ1) is 12.0. The molecule has 0 bridgehead atoms. The summed E-state index contributed by atoms with van der Waals surface area (Å²) in [4.78, 5) is 0. The first-order valence-corrected chi connectivity index (χ1v) is 6.47. The molecule has 0 aromatic heterocycles. The van der Waals surface area contributed by atoms with Gasteiger partial charge in [-0.3, -0.25) is 0 Å². The highest BCUT2D eigenvalue weighted by atomic mass is 14.9. The molecule has 3 atom stereocenters. The topological polar surface area (TPSA) is 12.0 Å². The van der Waals surface area contributed by atoms with Crippen molar-refractivity contribution in [2.45, 2.75) is 65.3 Å². The molecule has 0 radical (unpaired) electrons. The van der Waals surface area contributed by atoms with Crippen molar-refractivity contribution >= 4 is 0 Å². The lowest BCUT2D eigenvalue weighted by molar-refractivity contribution is 0.335. The largest absolute Gasteiger partial charge is 0.314 e. The van der Waals surface area contributed by atoms with Crippen LogP contribution in [0.3, 0.4) is 0 Å². The van der Waals surface area contributed by atoms with Crippen molar-refractivity contribution in [2.24, 2.45) is 11.8 Å². The van der Waals surface area contributed by atoms with E-state index < -0.39 is 0 Å². The van der Waals surface area contributed by atoms with Crippen molar-refractivity contribution in [3.8, 4) is 0 Å². The molecule has 1 nitrogen and oxygen atoms in total. The lowest BCUT2D eigenvalue weighted by atomic mass is 9.92. The van der Waals surface area contributed by atoms with E-state index >= 15 is 0 Å². The fraction of sp³-hybridized carbons (Fsp3) is 1.00. The normalized spacial score (nSPS) is 31.1. The third-order valence-corrected chi connectivity index (χ3v) is 3.73. The van der Waals surface area contributed by atoms with Gasteiger partial charge in [0.25, 0.3) is 0 Å². The minimum absolute atomic E-state index is 0.736. The monoisotopic (exact) mass is 197 g/mol. The molecule has 0 aromatic rings. The summed E-state index contributed by atoms with van der Waals surface area (Å²) < 4.78 is 0. The average Bonchev–Trinajstić information content (AvgIpc) is 2.39. The average molecular weight is 197 g/mol. The maximum absolute atomic E-state index is 3.64. The fourth-order valence-corrected chi connectivity index (χ4v) is 2.55. The van der Waals surface area contributed by atoms with Gasteiger partial charge in [-0.05, 0) is 44.6 Å². The minimum Gasteiger partial charge on any atom is -0.314 e. The molecular weight excluding hydrogens is 170 g/mol. The van der Waals surface area contributed by atoms with Crippen molar-refractivity contribution in [2.75, 3.05) is 6.54 Å². The smallest absolute Gasteiger partial charge is 0.00669 e. The highest BCUT2D eigenvalue weighted by Gasteiger charge is 2.20. The fourth-order valence-electron chi connectivity index (χ4n) is 2.55. The Morgan fingerprint density at radius 2 is 2.00 bits per heavy atom. The van der Waals surface area contributed by atoms with Crippen LogP contribution in [0.15, 0.2) is 0 Å². The minimum atomic E-state index is 0.736. The summed E-state index contributed by atoms with van der Waals surface area (Å²) in [6, 6.07) is 0.736. The summed E-state index contributed by atoms with van der Waals surface area (Å²) in [5, 5.41) is 3.64. The van der Waals surface area contributed by atoms with Gasteiger partial charge in [0.1, 0.15) is 0 Å². The lowest BCUT2D eigenvalue weighted by Gasteiger charge is -2.23. The van der Waals surface area contributed by atoms with Crippen molar-refractivity contribution in [1.29, 1.82) is 0 Å². The van der Waals surface area contributed by atoms with Gasteiger partial charge in [0.05, 0.1) is 0 Å². The van der Waals surface area contributed by atoms with Crippen molar-refractivity contribution in [1.82, 2.24) is 5.32 Å². The van der Waals surface area contributed by atoms with E-state index in [0.29, 0.717) is 0 Å². The summed E-state index contributed by atoms with van der Waals surface area (Å²) in [6.07, 6.45) is 8.50. The molecule has 1 aliphatic rings. The molecule has 1 saturated carbocycles. The standard InChI is InChI=1S/C13H27N/c1-4-10-14-12(3)13-7-5-6-11(2)8-9-13/h11-14H,4-10H2,1-3H3. The molecule has 0 amide bonds. The molecule has 0 aromatic carbocycles. The van der Waals surface area contributed by atoms with E-state index in [9.17, 15) is 0 Å². The van der Waals surface area contributed by atoms with E-state index in [0.717, 1.165) is 17.9 Å². The van der Waals surface area contributed by atoms with E-state index in [1.807, 2.05) is 0 Å². The molecule has 0 aliphatic heterocycles. The summed E-state index contributed by atoms with van der Waals surface area (Å²) in [7, 11) is 0. The Labute approximate surface area is 89.7 Å². The predicted octanol–water partition coefficient (Wildman–Crippen LogP) is 3.59. The van der Waals surface area contributed by atoms with Crippen molar-refractivity contribution in [3.63, 3.8) is 0 Å². The summed E-state index contributed by atoms with van der Waals surface area (Å²) >= 11 is 0. The van der Waals surface area contributed by atoms with Crippen molar-refractivity contribution < 1.29 is 0 Å². The van der Waals surface area contributed by atoms with E-state index in [-0.39, 0.29) is 0 Å². The van der Waals surface area contributed by atoms with Gasteiger partial charge in [-0.25, -0.2) is 0 Å². The summed E-state index contributed by atoms with van der Waals surface area (Å²) in [5.41, 5.74) is 0. The molecule has 3 unspecified atom stereocenters.